The molecular weight excluding hydrogens is 394 g/mol. The Hall–Kier alpha value is -1.78. The van der Waals surface area contributed by atoms with E-state index in [-0.39, 0.29) is 23.5 Å². The fourth-order valence-electron chi connectivity index (χ4n) is 3.97. The second-order valence-electron chi connectivity index (χ2n) is 7.59. The predicted octanol–water partition coefficient (Wildman–Crippen LogP) is 1.01. The van der Waals surface area contributed by atoms with Gasteiger partial charge < -0.3 is 15.0 Å². The Morgan fingerprint density at radius 3 is 2.59 bits per heavy atom. The van der Waals surface area contributed by atoms with Gasteiger partial charge in [0.2, 0.25) is 15.9 Å². The molecule has 1 aromatic heterocycles. The number of nitrogens with zero attached hydrogens (tertiary/aromatic N) is 4. The molecular formula is C19H31N5O4S. The van der Waals surface area contributed by atoms with E-state index < -0.39 is 10.0 Å². The molecule has 1 unspecified atom stereocenters. The van der Waals surface area contributed by atoms with Gasteiger partial charge in [-0.15, -0.1) is 0 Å². The molecule has 1 amide bonds. The highest BCUT2D eigenvalue weighted by Crippen LogP contribution is 2.32. The van der Waals surface area contributed by atoms with E-state index in [4.69, 9.17) is 9.72 Å². The van der Waals surface area contributed by atoms with Crippen LogP contribution in [0, 0.1) is 0 Å². The van der Waals surface area contributed by atoms with Crippen LogP contribution in [0.25, 0.3) is 0 Å². The average Bonchev–Trinajstić information content (AvgIpc) is 3.12. The van der Waals surface area contributed by atoms with Crippen molar-refractivity contribution in [1.29, 1.82) is 0 Å². The first-order valence-electron chi connectivity index (χ1n) is 10.2. The van der Waals surface area contributed by atoms with Crippen LogP contribution in [0.1, 0.15) is 49.5 Å². The van der Waals surface area contributed by atoms with E-state index in [1.165, 1.54) is 0 Å². The lowest BCUT2D eigenvalue weighted by atomic mass is 9.96. The van der Waals surface area contributed by atoms with E-state index in [2.05, 4.69) is 10.3 Å². The Kier molecular flexibility index (Phi) is 7.07. The van der Waals surface area contributed by atoms with Gasteiger partial charge in [0.05, 0.1) is 18.1 Å². The molecule has 1 atom stereocenters. The maximum absolute atomic E-state index is 12.3. The Balaban J connectivity index is 1.74. The topological polar surface area (TPSA) is 105 Å². The highest BCUT2D eigenvalue weighted by molar-refractivity contribution is 7.89. The minimum atomic E-state index is -3.15. The standard InChI is InChI=1S/C19H31N5O4S/c1-4-29(26,27)24-7-5-14(6-8-24)19-21-16(12-17(20-2)22-19)15-11-18(25)23(13-15)9-10-28-3/h12,14-15H,4-11,13H2,1-3H3,(H,20,21,22). The molecule has 0 spiro atoms. The van der Waals surface area contributed by atoms with Crippen molar-refractivity contribution in [3.8, 4) is 0 Å². The zero-order chi connectivity index (χ0) is 21.0. The van der Waals surface area contributed by atoms with Crippen LogP contribution in [0.4, 0.5) is 5.82 Å². The van der Waals surface area contributed by atoms with Gasteiger partial charge in [0.25, 0.3) is 0 Å². The Morgan fingerprint density at radius 1 is 1.24 bits per heavy atom. The minimum Gasteiger partial charge on any atom is -0.383 e. The van der Waals surface area contributed by atoms with Gasteiger partial charge in [-0.1, -0.05) is 0 Å². The molecule has 0 radical (unpaired) electrons. The van der Waals surface area contributed by atoms with Crippen LogP contribution < -0.4 is 5.32 Å². The normalized spacial score (nSPS) is 21.7. The Bertz CT molecular complexity index is 824. The maximum Gasteiger partial charge on any atom is 0.223 e. The minimum absolute atomic E-state index is 0.0359. The van der Waals surface area contributed by atoms with Crippen LogP contribution in [0.2, 0.25) is 0 Å². The number of amides is 1. The molecule has 2 aliphatic heterocycles. The zero-order valence-corrected chi connectivity index (χ0v) is 18.2. The van der Waals surface area contributed by atoms with E-state index in [1.807, 2.05) is 18.0 Å². The summed E-state index contributed by atoms with van der Waals surface area (Å²) in [7, 11) is 0.292. The molecule has 0 aromatic carbocycles. The van der Waals surface area contributed by atoms with Crippen LogP contribution >= 0.6 is 0 Å². The summed E-state index contributed by atoms with van der Waals surface area (Å²) in [4.78, 5) is 23.6. The van der Waals surface area contributed by atoms with Crippen molar-refractivity contribution < 1.29 is 17.9 Å². The number of nitrogens with one attached hydrogen (secondary N) is 1. The SMILES string of the molecule is CCS(=O)(=O)N1CCC(c2nc(NC)cc(C3CC(=O)N(CCOC)C3)n2)CC1. The van der Waals surface area contributed by atoms with Crippen molar-refractivity contribution in [2.24, 2.45) is 0 Å². The predicted molar refractivity (Wildman–Crippen MR) is 110 cm³/mol. The number of methoxy groups -OCH3 is 1. The fraction of sp³-hybridized carbons (Fsp3) is 0.737. The van der Waals surface area contributed by atoms with Gasteiger partial charge in [0.15, 0.2) is 0 Å². The lowest BCUT2D eigenvalue weighted by Crippen LogP contribution is -2.39. The first-order valence-corrected chi connectivity index (χ1v) is 11.8. The summed E-state index contributed by atoms with van der Waals surface area (Å²) in [5.41, 5.74) is 0.872. The lowest BCUT2D eigenvalue weighted by molar-refractivity contribution is -0.128. The van der Waals surface area contributed by atoms with Crippen LogP contribution in [0.5, 0.6) is 0 Å². The number of aromatic nitrogens is 2. The van der Waals surface area contributed by atoms with E-state index in [0.29, 0.717) is 52.0 Å². The van der Waals surface area contributed by atoms with E-state index in [1.54, 1.807) is 18.3 Å². The van der Waals surface area contributed by atoms with Gasteiger partial charge in [0, 0.05) is 64.7 Å². The van der Waals surface area contributed by atoms with Crippen LogP contribution in [0.15, 0.2) is 6.07 Å². The summed E-state index contributed by atoms with van der Waals surface area (Å²) in [5.74, 6) is 1.87. The number of likely N-dealkylation sites (tertiary alicyclic amines) is 1. The number of hydrogen-bond donors (Lipinski definition) is 1. The molecule has 10 heteroatoms. The Morgan fingerprint density at radius 2 is 1.97 bits per heavy atom. The number of anilines is 1. The summed E-state index contributed by atoms with van der Waals surface area (Å²) < 4.78 is 30.9. The van der Waals surface area contributed by atoms with E-state index in [9.17, 15) is 13.2 Å². The van der Waals surface area contributed by atoms with Gasteiger partial charge in [-0.3, -0.25) is 4.79 Å². The van der Waals surface area contributed by atoms with E-state index >= 15 is 0 Å². The lowest BCUT2D eigenvalue weighted by Gasteiger charge is -2.30. The smallest absolute Gasteiger partial charge is 0.223 e. The van der Waals surface area contributed by atoms with Crippen molar-refractivity contribution >= 4 is 21.7 Å². The molecule has 2 fully saturated rings. The van der Waals surface area contributed by atoms with Gasteiger partial charge in [-0.05, 0) is 19.8 Å². The number of sulfonamides is 1. The summed E-state index contributed by atoms with van der Waals surface area (Å²) in [5, 5.41) is 3.09. The van der Waals surface area contributed by atoms with Crippen LogP contribution in [-0.2, 0) is 19.6 Å². The highest BCUT2D eigenvalue weighted by Gasteiger charge is 2.33. The van der Waals surface area contributed by atoms with Crippen molar-refractivity contribution in [3.63, 3.8) is 0 Å². The molecule has 162 valence electrons. The summed E-state index contributed by atoms with van der Waals surface area (Å²) in [6.45, 7) is 4.41. The fourth-order valence-corrected chi connectivity index (χ4v) is 5.10. The highest BCUT2D eigenvalue weighted by atomic mass is 32.2. The first kappa shape index (κ1) is 21.9. The number of carbonyl (C=O) groups is 1. The maximum atomic E-state index is 12.3. The number of piperidine rings is 1. The molecule has 2 saturated heterocycles. The van der Waals surface area contributed by atoms with Crippen molar-refractivity contribution in [1.82, 2.24) is 19.2 Å². The Labute approximate surface area is 172 Å². The van der Waals surface area contributed by atoms with Gasteiger partial charge in [-0.2, -0.15) is 0 Å². The first-order chi connectivity index (χ1) is 13.9. The average molecular weight is 426 g/mol. The van der Waals surface area contributed by atoms with Crippen LogP contribution in [-0.4, -0.2) is 86.2 Å². The third-order valence-electron chi connectivity index (χ3n) is 5.79. The molecule has 0 saturated carbocycles. The molecule has 2 aliphatic rings. The molecule has 9 nitrogen and oxygen atoms in total. The summed E-state index contributed by atoms with van der Waals surface area (Å²) in [6.07, 6.45) is 1.85. The summed E-state index contributed by atoms with van der Waals surface area (Å²) >= 11 is 0. The molecule has 1 N–H and O–H groups in total. The molecule has 0 aliphatic carbocycles. The van der Waals surface area contributed by atoms with Crippen molar-refractivity contribution in [3.05, 3.63) is 17.6 Å². The summed E-state index contributed by atoms with van der Waals surface area (Å²) in [6, 6.07) is 1.91. The third-order valence-corrected chi connectivity index (χ3v) is 7.68. The monoisotopic (exact) mass is 425 g/mol. The molecule has 0 bridgehead atoms. The largest absolute Gasteiger partial charge is 0.383 e. The van der Waals surface area contributed by atoms with Gasteiger partial charge in [-0.25, -0.2) is 22.7 Å². The molecule has 3 rings (SSSR count). The number of rotatable bonds is 8. The van der Waals surface area contributed by atoms with Gasteiger partial charge >= 0.3 is 0 Å². The van der Waals surface area contributed by atoms with E-state index in [0.717, 1.165) is 17.3 Å². The second-order valence-corrected chi connectivity index (χ2v) is 9.85. The number of ether oxygens (including phenoxy) is 1. The van der Waals surface area contributed by atoms with Crippen molar-refractivity contribution in [2.45, 2.75) is 38.0 Å². The van der Waals surface area contributed by atoms with Gasteiger partial charge in [0.1, 0.15) is 11.6 Å². The number of hydrogen-bond acceptors (Lipinski definition) is 7. The molecule has 29 heavy (non-hydrogen) atoms. The third kappa shape index (κ3) is 5.04. The van der Waals surface area contributed by atoms with Crippen LogP contribution in [0.3, 0.4) is 0 Å². The molecule has 1 aromatic rings. The molecule has 3 heterocycles. The zero-order valence-electron chi connectivity index (χ0n) is 17.4. The quantitative estimate of drug-likeness (QED) is 0.663. The van der Waals surface area contributed by atoms with Crippen molar-refractivity contribution in [2.75, 3.05) is 58.0 Å². The number of carbonyl (C=O) groups excluding carboxylic acids is 1. The second kappa shape index (κ2) is 9.36.